The van der Waals surface area contributed by atoms with E-state index in [1.807, 2.05) is 37.3 Å². The number of benzene rings is 1. The molecular weight excluding hydrogens is 304 g/mol. The van der Waals surface area contributed by atoms with Crippen molar-refractivity contribution >= 4 is 11.8 Å². The van der Waals surface area contributed by atoms with E-state index in [2.05, 4.69) is 17.2 Å². The van der Waals surface area contributed by atoms with Gasteiger partial charge in [-0.05, 0) is 42.7 Å². The maximum absolute atomic E-state index is 12.3. The number of esters is 1. The Hall–Kier alpha value is -2.56. The molecule has 0 aliphatic carbocycles. The predicted molar refractivity (Wildman–Crippen MR) is 94.5 cm³/mol. The van der Waals surface area contributed by atoms with Gasteiger partial charge in [0.15, 0.2) is 0 Å². The number of aryl methyl sites for hydroxylation is 1. The summed E-state index contributed by atoms with van der Waals surface area (Å²) in [7, 11) is 1.64. The number of methoxy groups -OCH3 is 1. The summed E-state index contributed by atoms with van der Waals surface area (Å²) >= 11 is 0. The summed E-state index contributed by atoms with van der Waals surface area (Å²) in [6.07, 6.45) is 3.54. The second-order valence-corrected chi connectivity index (χ2v) is 5.54. The molecular formula is C19H24N2O3. The van der Waals surface area contributed by atoms with Crippen LogP contribution in [-0.4, -0.2) is 24.7 Å². The molecule has 1 aromatic heterocycles. The molecule has 1 aromatic carbocycles. The number of hydrogen-bond donors (Lipinski definition) is 1. The number of hydrogen-bond acceptors (Lipinski definition) is 5. The van der Waals surface area contributed by atoms with Gasteiger partial charge in [-0.3, -0.25) is 0 Å². The monoisotopic (exact) mass is 328 g/mol. The smallest absolute Gasteiger partial charge is 0.342 e. The van der Waals surface area contributed by atoms with E-state index in [0.717, 1.165) is 29.7 Å². The average molecular weight is 328 g/mol. The van der Waals surface area contributed by atoms with Crippen molar-refractivity contribution in [2.75, 3.05) is 19.0 Å². The van der Waals surface area contributed by atoms with Crippen molar-refractivity contribution in [2.45, 2.75) is 33.2 Å². The molecule has 0 amide bonds. The number of ether oxygens (including phenoxy) is 2. The third-order valence-corrected chi connectivity index (χ3v) is 3.71. The van der Waals surface area contributed by atoms with E-state index in [1.54, 1.807) is 13.3 Å². The molecule has 0 saturated heterocycles. The van der Waals surface area contributed by atoms with Gasteiger partial charge in [0.1, 0.15) is 17.1 Å². The highest BCUT2D eigenvalue weighted by molar-refractivity contribution is 5.96. The van der Waals surface area contributed by atoms with Crippen LogP contribution in [0.15, 0.2) is 36.5 Å². The molecule has 0 unspecified atom stereocenters. The lowest BCUT2D eigenvalue weighted by molar-refractivity contribution is 0.0499. The Labute approximate surface area is 143 Å². The van der Waals surface area contributed by atoms with Gasteiger partial charge in [0.2, 0.25) is 0 Å². The summed E-state index contributed by atoms with van der Waals surface area (Å²) in [5.41, 5.74) is 2.43. The number of pyridine rings is 1. The molecule has 128 valence electrons. The number of unbranched alkanes of at least 4 members (excludes halogenated alkanes) is 1. The molecule has 0 fully saturated rings. The third-order valence-electron chi connectivity index (χ3n) is 3.71. The summed E-state index contributed by atoms with van der Waals surface area (Å²) in [6.45, 7) is 4.94. The van der Waals surface area contributed by atoms with Crippen LogP contribution in [0.1, 0.15) is 41.3 Å². The highest BCUT2D eigenvalue weighted by atomic mass is 16.5. The molecule has 0 aliphatic rings. The first kappa shape index (κ1) is 17.8. The second-order valence-electron chi connectivity index (χ2n) is 5.54. The van der Waals surface area contributed by atoms with E-state index < -0.39 is 0 Å². The fourth-order valence-corrected chi connectivity index (χ4v) is 2.26. The van der Waals surface area contributed by atoms with Crippen molar-refractivity contribution in [2.24, 2.45) is 0 Å². The molecule has 0 atom stereocenters. The summed E-state index contributed by atoms with van der Waals surface area (Å²) in [4.78, 5) is 16.6. The maximum Gasteiger partial charge on any atom is 0.342 e. The van der Waals surface area contributed by atoms with Gasteiger partial charge in [0, 0.05) is 12.7 Å². The first-order valence-electron chi connectivity index (χ1n) is 8.15. The van der Waals surface area contributed by atoms with Crippen LogP contribution in [0.5, 0.6) is 5.75 Å². The highest BCUT2D eigenvalue weighted by Gasteiger charge is 2.16. The molecule has 2 rings (SSSR count). The number of nitrogens with one attached hydrogen (secondary N) is 1. The Kier molecular flexibility index (Phi) is 6.61. The number of carbonyl (C=O) groups excluding carboxylic acids is 1. The molecule has 0 aliphatic heterocycles. The molecule has 0 spiro atoms. The Morgan fingerprint density at radius 1 is 1.21 bits per heavy atom. The third kappa shape index (κ3) is 4.72. The van der Waals surface area contributed by atoms with Crippen LogP contribution >= 0.6 is 0 Å². The zero-order valence-corrected chi connectivity index (χ0v) is 14.5. The Bertz CT molecular complexity index is 669. The van der Waals surface area contributed by atoms with Crippen LogP contribution in [0.25, 0.3) is 0 Å². The number of rotatable bonds is 8. The molecule has 2 aromatic rings. The lowest BCUT2D eigenvalue weighted by Crippen LogP contribution is -2.13. The molecule has 24 heavy (non-hydrogen) atoms. The fourth-order valence-electron chi connectivity index (χ4n) is 2.26. The van der Waals surface area contributed by atoms with E-state index >= 15 is 0 Å². The van der Waals surface area contributed by atoms with Gasteiger partial charge in [-0.25, -0.2) is 9.78 Å². The van der Waals surface area contributed by atoms with E-state index in [-0.39, 0.29) is 5.97 Å². The molecule has 0 radical (unpaired) electrons. The Morgan fingerprint density at radius 3 is 2.62 bits per heavy atom. The van der Waals surface area contributed by atoms with Crippen LogP contribution in [0.2, 0.25) is 0 Å². The molecule has 1 heterocycles. The normalized spacial score (nSPS) is 10.3. The Balaban J connectivity index is 2.08. The summed E-state index contributed by atoms with van der Waals surface area (Å²) in [5, 5.41) is 3.23. The minimum absolute atomic E-state index is 0.328. The van der Waals surface area contributed by atoms with Crippen LogP contribution in [0.3, 0.4) is 0 Å². The number of aromatic nitrogens is 1. The fraction of sp³-hybridized carbons (Fsp3) is 0.368. The zero-order chi connectivity index (χ0) is 17.4. The lowest BCUT2D eigenvalue weighted by atomic mass is 10.1. The van der Waals surface area contributed by atoms with Crippen LogP contribution in [-0.2, 0) is 11.3 Å². The first-order chi connectivity index (χ1) is 11.7. The minimum Gasteiger partial charge on any atom is -0.497 e. The van der Waals surface area contributed by atoms with Crippen LogP contribution in [0.4, 0.5) is 5.82 Å². The summed E-state index contributed by atoms with van der Waals surface area (Å²) in [6, 6.07) is 9.57. The molecule has 5 heteroatoms. The molecule has 5 nitrogen and oxygen atoms in total. The highest BCUT2D eigenvalue weighted by Crippen LogP contribution is 2.19. The van der Waals surface area contributed by atoms with Crippen molar-refractivity contribution in [3.05, 3.63) is 53.2 Å². The summed E-state index contributed by atoms with van der Waals surface area (Å²) < 4.78 is 10.5. The molecule has 1 N–H and O–H groups in total. The SMILES string of the molecule is CCCCOC(=O)c1c(C)ccnc1NCc1ccc(OC)cc1. The second kappa shape index (κ2) is 8.91. The maximum atomic E-state index is 12.3. The Morgan fingerprint density at radius 2 is 1.96 bits per heavy atom. The van der Waals surface area contributed by atoms with E-state index in [9.17, 15) is 4.79 Å². The first-order valence-corrected chi connectivity index (χ1v) is 8.15. The minimum atomic E-state index is -0.328. The van der Waals surface area contributed by atoms with Gasteiger partial charge >= 0.3 is 5.97 Å². The van der Waals surface area contributed by atoms with Gasteiger partial charge < -0.3 is 14.8 Å². The quantitative estimate of drug-likeness (QED) is 0.587. The van der Waals surface area contributed by atoms with Crippen LogP contribution < -0.4 is 10.1 Å². The molecule has 0 saturated carbocycles. The van der Waals surface area contributed by atoms with Gasteiger partial charge in [0.25, 0.3) is 0 Å². The zero-order valence-electron chi connectivity index (χ0n) is 14.5. The van der Waals surface area contributed by atoms with E-state index in [4.69, 9.17) is 9.47 Å². The summed E-state index contributed by atoms with van der Waals surface area (Å²) in [5.74, 6) is 1.03. The van der Waals surface area contributed by atoms with Crippen LogP contribution in [0, 0.1) is 6.92 Å². The van der Waals surface area contributed by atoms with Crippen molar-refractivity contribution < 1.29 is 14.3 Å². The lowest BCUT2D eigenvalue weighted by Gasteiger charge is -2.13. The average Bonchev–Trinajstić information content (AvgIpc) is 2.60. The number of nitrogens with zero attached hydrogens (tertiary/aromatic N) is 1. The van der Waals surface area contributed by atoms with Gasteiger partial charge in [0.05, 0.1) is 13.7 Å². The van der Waals surface area contributed by atoms with Crippen molar-refractivity contribution in [1.82, 2.24) is 4.98 Å². The van der Waals surface area contributed by atoms with E-state index in [1.165, 1.54) is 0 Å². The predicted octanol–water partition coefficient (Wildman–Crippen LogP) is 3.97. The number of carbonyl (C=O) groups is 1. The van der Waals surface area contributed by atoms with Crippen molar-refractivity contribution in [3.63, 3.8) is 0 Å². The van der Waals surface area contributed by atoms with E-state index in [0.29, 0.717) is 24.5 Å². The van der Waals surface area contributed by atoms with Crippen molar-refractivity contribution in [3.8, 4) is 5.75 Å². The van der Waals surface area contributed by atoms with Gasteiger partial charge in [-0.2, -0.15) is 0 Å². The number of anilines is 1. The topological polar surface area (TPSA) is 60.5 Å². The standard InChI is InChI=1S/C19H24N2O3/c1-4-5-12-24-19(22)17-14(2)10-11-20-18(17)21-13-15-6-8-16(23-3)9-7-15/h6-11H,4-5,12-13H2,1-3H3,(H,20,21). The van der Waals surface area contributed by atoms with Gasteiger partial charge in [-0.15, -0.1) is 0 Å². The largest absolute Gasteiger partial charge is 0.497 e. The molecule has 0 bridgehead atoms. The van der Waals surface area contributed by atoms with Crippen molar-refractivity contribution in [1.29, 1.82) is 0 Å². The van der Waals surface area contributed by atoms with Gasteiger partial charge in [-0.1, -0.05) is 25.5 Å².